The minimum absolute atomic E-state index is 0.381. The number of ether oxygens (including phenoxy) is 1. The number of hydrogen-bond donors (Lipinski definition) is 1. The van der Waals surface area contributed by atoms with E-state index in [0.717, 1.165) is 16.6 Å². The standard InChI is InChI=1S/C13H17ClN2O/c1-13(2,15)12-6-8-5-11(17-4)9(14)7-10(8)16(12)3/h5-7H,15H2,1-4H3. The first-order valence-electron chi connectivity index (χ1n) is 5.47. The molecule has 0 aliphatic carbocycles. The second-order valence-electron chi connectivity index (χ2n) is 4.86. The lowest BCUT2D eigenvalue weighted by atomic mass is 10.0. The van der Waals surface area contributed by atoms with Crippen LogP contribution in [-0.2, 0) is 12.6 Å². The van der Waals surface area contributed by atoms with Crippen molar-refractivity contribution in [2.24, 2.45) is 12.8 Å². The molecule has 4 heteroatoms. The molecule has 92 valence electrons. The van der Waals surface area contributed by atoms with Gasteiger partial charge in [0.1, 0.15) is 5.75 Å². The van der Waals surface area contributed by atoms with Crippen LogP contribution < -0.4 is 10.5 Å². The minimum Gasteiger partial charge on any atom is -0.495 e. The highest BCUT2D eigenvalue weighted by Crippen LogP contribution is 2.33. The highest BCUT2D eigenvalue weighted by atomic mass is 35.5. The normalized spacial score (nSPS) is 12.1. The van der Waals surface area contributed by atoms with Crippen LogP contribution in [0.3, 0.4) is 0 Å². The molecular weight excluding hydrogens is 236 g/mol. The summed E-state index contributed by atoms with van der Waals surface area (Å²) in [7, 11) is 3.61. The van der Waals surface area contributed by atoms with Crippen LogP contribution in [0.15, 0.2) is 18.2 Å². The number of nitrogens with two attached hydrogens (primary N) is 1. The van der Waals surface area contributed by atoms with Gasteiger partial charge in [0.05, 0.1) is 17.7 Å². The van der Waals surface area contributed by atoms with E-state index >= 15 is 0 Å². The zero-order chi connectivity index (χ0) is 12.8. The lowest BCUT2D eigenvalue weighted by molar-refractivity contribution is 0.415. The zero-order valence-electron chi connectivity index (χ0n) is 10.5. The molecule has 0 unspecified atom stereocenters. The van der Waals surface area contributed by atoms with E-state index in [1.807, 2.05) is 33.0 Å². The molecule has 2 N–H and O–H groups in total. The van der Waals surface area contributed by atoms with Crippen molar-refractivity contribution in [3.8, 4) is 5.75 Å². The molecule has 0 saturated heterocycles. The number of aromatic nitrogens is 1. The average Bonchev–Trinajstić information content (AvgIpc) is 2.54. The summed E-state index contributed by atoms with van der Waals surface area (Å²) in [6.07, 6.45) is 0. The smallest absolute Gasteiger partial charge is 0.138 e. The van der Waals surface area contributed by atoms with Crippen molar-refractivity contribution in [1.29, 1.82) is 0 Å². The third-order valence-corrected chi connectivity index (χ3v) is 3.27. The van der Waals surface area contributed by atoms with Gasteiger partial charge >= 0.3 is 0 Å². The Balaban J connectivity index is 2.74. The van der Waals surface area contributed by atoms with Crippen molar-refractivity contribution in [2.45, 2.75) is 19.4 Å². The molecule has 0 atom stereocenters. The van der Waals surface area contributed by atoms with Crippen LogP contribution in [0, 0.1) is 0 Å². The Morgan fingerprint density at radius 3 is 2.47 bits per heavy atom. The van der Waals surface area contributed by atoms with E-state index < -0.39 is 0 Å². The molecule has 0 fully saturated rings. The number of aryl methyl sites for hydroxylation is 1. The molecule has 0 radical (unpaired) electrons. The summed E-state index contributed by atoms with van der Waals surface area (Å²) in [5.41, 5.74) is 7.89. The molecule has 2 aromatic rings. The van der Waals surface area contributed by atoms with E-state index in [0.29, 0.717) is 10.8 Å². The summed E-state index contributed by atoms with van der Waals surface area (Å²) >= 11 is 6.13. The molecule has 0 amide bonds. The third-order valence-electron chi connectivity index (χ3n) is 2.98. The van der Waals surface area contributed by atoms with Gasteiger partial charge in [-0.3, -0.25) is 0 Å². The topological polar surface area (TPSA) is 40.2 Å². The summed E-state index contributed by atoms with van der Waals surface area (Å²) in [5.74, 6) is 0.686. The number of methoxy groups -OCH3 is 1. The van der Waals surface area contributed by atoms with Crippen LogP contribution >= 0.6 is 11.6 Å². The van der Waals surface area contributed by atoms with Gasteiger partial charge in [-0.1, -0.05) is 11.6 Å². The molecule has 0 aliphatic rings. The van der Waals surface area contributed by atoms with Gasteiger partial charge in [-0.05, 0) is 32.0 Å². The Morgan fingerprint density at radius 2 is 1.94 bits per heavy atom. The van der Waals surface area contributed by atoms with Crippen LogP contribution in [-0.4, -0.2) is 11.7 Å². The maximum Gasteiger partial charge on any atom is 0.138 e. The minimum atomic E-state index is -0.381. The Bertz CT molecular complexity index is 567. The Labute approximate surface area is 106 Å². The predicted molar refractivity (Wildman–Crippen MR) is 71.7 cm³/mol. The molecule has 0 saturated carbocycles. The predicted octanol–water partition coefficient (Wildman–Crippen LogP) is 3.03. The number of nitrogens with zero attached hydrogens (tertiary/aromatic N) is 1. The van der Waals surface area contributed by atoms with Crippen LogP contribution in [0.25, 0.3) is 10.9 Å². The summed E-state index contributed by atoms with van der Waals surface area (Å²) in [6, 6.07) is 5.92. The van der Waals surface area contributed by atoms with E-state index in [-0.39, 0.29) is 5.54 Å². The molecule has 0 aliphatic heterocycles. The fourth-order valence-corrected chi connectivity index (χ4v) is 2.35. The van der Waals surface area contributed by atoms with Crippen LogP contribution in [0.1, 0.15) is 19.5 Å². The third kappa shape index (κ3) is 2.01. The van der Waals surface area contributed by atoms with Gasteiger partial charge in [0.15, 0.2) is 0 Å². The quantitative estimate of drug-likeness (QED) is 0.893. The maximum absolute atomic E-state index is 6.14. The molecule has 17 heavy (non-hydrogen) atoms. The van der Waals surface area contributed by atoms with Gasteiger partial charge in [-0.15, -0.1) is 0 Å². The fraction of sp³-hybridized carbons (Fsp3) is 0.385. The van der Waals surface area contributed by atoms with E-state index in [2.05, 4.69) is 10.6 Å². The highest BCUT2D eigenvalue weighted by molar-refractivity contribution is 6.32. The number of hydrogen-bond acceptors (Lipinski definition) is 2. The maximum atomic E-state index is 6.14. The SMILES string of the molecule is COc1cc2cc(C(C)(C)N)n(C)c2cc1Cl. The molecular formula is C13H17ClN2O. The average molecular weight is 253 g/mol. The number of fused-ring (bicyclic) bond motifs is 1. The molecule has 1 aromatic heterocycles. The highest BCUT2D eigenvalue weighted by Gasteiger charge is 2.20. The second-order valence-corrected chi connectivity index (χ2v) is 5.26. The number of halogens is 1. The molecule has 2 rings (SSSR count). The summed E-state index contributed by atoms with van der Waals surface area (Å²) in [6.45, 7) is 3.97. The first kappa shape index (κ1) is 12.3. The lowest BCUT2D eigenvalue weighted by Gasteiger charge is -2.19. The first-order chi connectivity index (χ1) is 7.84. The first-order valence-corrected chi connectivity index (χ1v) is 5.84. The van der Waals surface area contributed by atoms with Gasteiger partial charge in [-0.2, -0.15) is 0 Å². The Morgan fingerprint density at radius 1 is 1.29 bits per heavy atom. The summed E-state index contributed by atoms with van der Waals surface area (Å²) in [5, 5.41) is 1.70. The van der Waals surface area contributed by atoms with Crippen LogP contribution in [0.4, 0.5) is 0 Å². The Hall–Kier alpha value is -1.19. The van der Waals surface area contributed by atoms with E-state index in [4.69, 9.17) is 22.1 Å². The molecule has 0 bridgehead atoms. The fourth-order valence-electron chi connectivity index (χ4n) is 2.11. The van der Waals surface area contributed by atoms with Gasteiger partial charge in [-0.25, -0.2) is 0 Å². The Kier molecular flexibility index (Phi) is 2.84. The second kappa shape index (κ2) is 3.93. The number of benzene rings is 1. The summed E-state index contributed by atoms with van der Waals surface area (Å²) in [4.78, 5) is 0. The van der Waals surface area contributed by atoms with Crippen molar-refractivity contribution in [3.63, 3.8) is 0 Å². The van der Waals surface area contributed by atoms with Gasteiger partial charge < -0.3 is 15.0 Å². The van der Waals surface area contributed by atoms with Crippen molar-refractivity contribution in [1.82, 2.24) is 4.57 Å². The van der Waals surface area contributed by atoms with Crippen molar-refractivity contribution >= 4 is 22.5 Å². The van der Waals surface area contributed by atoms with E-state index in [9.17, 15) is 0 Å². The van der Waals surface area contributed by atoms with Gasteiger partial charge in [0, 0.05) is 23.6 Å². The molecule has 3 nitrogen and oxygen atoms in total. The van der Waals surface area contributed by atoms with Gasteiger partial charge in [0.2, 0.25) is 0 Å². The van der Waals surface area contributed by atoms with Crippen molar-refractivity contribution in [2.75, 3.05) is 7.11 Å². The number of rotatable bonds is 2. The molecule has 1 aromatic carbocycles. The molecule has 0 spiro atoms. The van der Waals surface area contributed by atoms with E-state index in [1.54, 1.807) is 7.11 Å². The zero-order valence-corrected chi connectivity index (χ0v) is 11.3. The van der Waals surface area contributed by atoms with Gasteiger partial charge in [0.25, 0.3) is 0 Å². The monoisotopic (exact) mass is 252 g/mol. The van der Waals surface area contributed by atoms with Crippen LogP contribution in [0.5, 0.6) is 5.75 Å². The largest absolute Gasteiger partial charge is 0.495 e. The molecule has 1 heterocycles. The van der Waals surface area contributed by atoms with E-state index in [1.165, 1.54) is 0 Å². The summed E-state index contributed by atoms with van der Waals surface area (Å²) < 4.78 is 7.29. The van der Waals surface area contributed by atoms with Crippen molar-refractivity contribution in [3.05, 3.63) is 28.9 Å². The lowest BCUT2D eigenvalue weighted by Crippen LogP contribution is -2.30. The van der Waals surface area contributed by atoms with Crippen molar-refractivity contribution < 1.29 is 4.74 Å². The van der Waals surface area contributed by atoms with Crippen LogP contribution in [0.2, 0.25) is 5.02 Å².